The Morgan fingerprint density at radius 1 is 1.41 bits per heavy atom. The van der Waals surface area contributed by atoms with Gasteiger partial charge in [0.1, 0.15) is 5.82 Å². The van der Waals surface area contributed by atoms with Crippen molar-refractivity contribution in [2.24, 2.45) is 0 Å². The van der Waals surface area contributed by atoms with Crippen molar-refractivity contribution in [1.29, 1.82) is 0 Å². The van der Waals surface area contributed by atoms with Crippen LogP contribution in [-0.4, -0.2) is 9.97 Å². The molecule has 3 nitrogen and oxygen atoms in total. The molecule has 0 saturated carbocycles. The van der Waals surface area contributed by atoms with Gasteiger partial charge in [-0.2, -0.15) is 4.39 Å². The first-order valence-electron chi connectivity index (χ1n) is 5.06. The third-order valence-electron chi connectivity index (χ3n) is 2.39. The number of benzene rings is 1. The van der Waals surface area contributed by atoms with Gasteiger partial charge in [-0.05, 0) is 18.6 Å². The highest BCUT2D eigenvalue weighted by Crippen LogP contribution is 2.17. The van der Waals surface area contributed by atoms with Crippen LogP contribution in [0, 0.1) is 12.7 Å². The van der Waals surface area contributed by atoms with Crippen LogP contribution in [0.3, 0.4) is 0 Å². The summed E-state index contributed by atoms with van der Waals surface area (Å²) in [5, 5.41) is 0.595. The zero-order valence-corrected chi connectivity index (χ0v) is 9.88. The van der Waals surface area contributed by atoms with Gasteiger partial charge in [-0.15, -0.1) is 0 Å². The molecule has 0 unspecified atom stereocenters. The minimum Gasteiger partial charge on any atom is -0.308 e. The predicted octanol–water partition coefficient (Wildman–Crippen LogP) is 2.46. The summed E-state index contributed by atoms with van der Waals surface area (Å²) in [6.07, 6.45) is 0.371. The van der Waals surface area contributed by atoms with E-state index in [1.54, 1.807) is 6.07 Å². The molecule has 0 bridgehead atoms. The highest BCUT2D eigenvalue weighted by molar-refractivity contribution is 6.31. The van der Waals surface area contributed by atoms with E-state index in [0.29, 0.717) is 17.3 Å². The monoisotopic (exact) mass is 252 g/mol. The van der Waals surface area contributed by atoms with E-state index in [9.17, 15) is 9.18 Å². The van der Waals surface area contributed by atoms with Crippen LogP contribution < -0.4 is 5.56 Å². The molecule has 5 heteroatoms. The Morgan fingerprint density at radius 2 is 2.12 bits per heavy atom. The van der Waals surface area contributed by atoms with Gasteiger partial charge in [-0.25, -0.2) is 4.98 Å². The first kappa shape index (κ1) is 11.8. The molecule has 0 saturated heterocycles. The molecule has 2 rings (SSSR count). The number of hydrogen-bond donors (Lipinski definition) is 1. The lowest BCUT2D eigenvalue weighted by Crippen LogP contribution is -2.17. The maximum Gasteiger partial charge on any atom is 0.287 e. The van der Waals surface area contributed by atoms with E-state index in [2.05, 4.69) is 9.97 Å². The van der Waals surface area contributed by atoms with Gasteiger partial charge in [0.2, 0.25) is 5.82 Å². The highest BCUT2D eigenvalue weighted by atomic mass is 35.5. The van der Waals surface area contributed by atoms with E-state index in [1.807, 2.05) is 18.2 Å². The Kier molecular flexibility index (Phi) is 3.24. The minimum atomic E-state index is -0.840. The number of hydrogen-bond acceptors (Lipinski definition) is 2. The zero-order chi connectivity index (χ0) is 12.4. The summed E-state index contributed by atoms with van der Waals surface area (Å²) in [7, 11) is 0. The lowest BCUT2D eigenvalue weighted by Gasteiger charge is -2.04. The van der Waals surface area contributed by atoms with Crippen LogP contribution in [0.5, 0.6) is 0 Å². The number of aryl methyl sites for hydroxylation is 1. The van der Waals surface area contributed by atoms with Crippen LogP contribution in [0.15, 0.2) is 29.1 Å². The summed E-state index contributed by atoms with van der Waals surface area (Å²) in [6, 6.07) is 7.25. The van der Waals surface area contributed by atoms with Gasteiger partial charge in [-0.3, -0.25) is 4.79 Å². The van der Waals surface area contributed by atoms with Crippen LogP contribution in [0.2, 0.25) is 5.02 Å². The summed E-state index contributed by atoms with van der Waals surface area (Å²) in [5.74, 6) is -0.435. The number of rotatable bonds is 2. The van der Waals surface area contributed by atoms with Crippen molar-refractivity contribution in [1.82, 2.24) is 9.97 Å². The summed E-state index contributed by atoms with van der Waals surface area (Å²) < 4.78 is 13.1. The minimum absolute atomic E-state index is 0.0933. The molecule has 1 aromatic carbocycles. The van der Waals surface area contributed by atoms with E-state index in [-0.39, 0.29) is 5.69 Å². The summed E-state index contributed by atoms with van der Waals surface area (Å²) in [6.45, 7) is 1.46. The molecule has 0 radical (unpaired) electrons. The molecule has 0 atom stereocenters. The van der Waals surface area contributed by atoms with E-state index >= 15 is 0 Å². The van der Waals surface area contributed by atoms with Gasteiger partial charge >= 0.3 is 0 Å². The molecule has 17 heavy (non-hydrogen) atoms. The van der Waals surface area contributed by atoms with Crippen LogP contribution in [-0.2, 0) is 6.42 Å². The van der Waals surface area contributed by atoms with Crippen LogP contribution in [0.25, 0.3) is 0 Å². The number of aromatic amines is 1. The average Bonchev–Trinajstić information content (AvgIpc) is 2.29. The largest absolute Gasteiger partial charge is 0.308 e. The topological polar surface area (TPSA) is 45.8 Å². The summed E-state index contributed by atoms with van der Waals surface area (Å²) in [5.41, 5.74) is 0.179. The van der Waals surface area contributed by atoms with E-state index in [1.165, 1.54) is 6.92 Å². The summed E-state index contributed by atoms with van der Waals surface area (Å²) in [4.78, 5) is 17.6. The molecule has 88 valence electrons. The van der Waals surface area contributed by atoms with Gasteiger partial charge in [0.15, 0.2) is 0 Å². The SMILES string of the molecule is Cc1nc(Cc2ccccc2Cl)[nH]c(=O)c1F. The first-order chi connectivity index (χ1) is 8.08. The summed E-state index contributed by atoms with van der Waals surface area (Å²) >= 11 is 5.99. The van der Waals surface area contributed by atoms with Crippen LogP contribution >= 0.6 is 11.6 Å². The van der Waals surface area contributed by atoms with Crippen molar-refractivity contribution in [3.63, 3.8) is 0 Å². The van der Waals surface area contributed by atoms with Gasteiger partial charge in [0.25, 0.3) is 5.56 Å². The van der Waals surface area contributed by atoms with Gasteiger partial charge in [0.05, 0.1) is 5.69 Å². The fraction of sp³-hybridized carbons (Fsp3) is 0.167. The lowest BCUT2D eigenvalue weighted by molar-refractivity contribution is 0.583. The predicted molar refractivity (Wildman–Crippen MR) is 63.8 cm³/mol. The normalized spacial score (nSPS) is 10.5. The molecule has 0 fully saturated rings. The molecular weight excluding hydrogens is 243 g/mol. The van der Waals surface area contributed by atoms with E-state index in [4.69, 9.17) is 11.6 Å². The second kappa shape index (κ2) is 4.67. The van der Waals surface area contributed by atoms with Crippen molar-refractivity contribution >= 4 is 11.6 Å². The molecule has 0 aliphatic carbocycles. The quantitative estimate of drug-likeness (QED) is 0.892. The van der Waals surface area contributed by atoms with E-state index in [0.717, 1.165) is 5.56 Å². The molecule has 1 N–H and O–H groups in total. The molecule has 0 spiro atoms. The lowest BCUT2D eigenvalue weighted by atomic mass is 10.1. The second-order valence-corrected chi connectivity index (χ2v) is 4.09. The Balaban J connectivity index is 2.38. The van der Waals surface area contributed by atoms with Crippen LogP contribution in [0.4, 0.5) is 4.39 Å². The third kappa shape index (κ3) is 2.53. The molecule has 0 aliphatic rings. The van der Waals surface area contributed by atoms with Gasteiger partial charge < -0.3 is 4.98 Å². The van der Waals surface area contributed by atoms with Crippen molar-refractivity contribution in [3.8, 4) is 0 Å². The molecule has 1 aromatic heterocycles. The molecular formula is C12H10ClFN2O. The third-order valence-corrected chi connectivity index (χ3v) is 2.76. The van der Waals surface area contributed by atoms with Crippen molar-refractivity contribution in [3.05, 3.63) is 62.5 Å². The molecule has 1 heterocycles. The smallest absolute Gasteiger partial charge is 0.287 e. The Bertz CT molecular complexity index is 610. The Labute approximate surface area is 102 Å². The fourth-order valence-electron chi connectivity index (χ4n) is 1.54. The fourth-order valence-corrected chi connectivity index (χ4v) is 1.74. The number of aromatic nitrogens is 2. The number of H-pyrrole nitrogens is 1. The molecule has 2 aromatic rings. The Hall–Kier alpha value is -1.68. The van der Waals surface area contributed by atoms with Crippen molar-refractivity contribution in [2.75, 3.05) is 0 Å². The van der Waals surface area contributed by atoms with Gasteiger partial charge in [0, 0.05) is 11.4 Å². The molecule has 0 amide bonds. The maximum atomic E-state index is 13.1. The van der Waals surface area contributed by atoms with Crippen molar-refractivity contribution < 1.29 is 4.39 Å². The Morgan fingerprint density at radius 3 is 2.76 bits per heavy atom. The maximum absolute atomic E-state index is 13.1. The number of halogens is 2. The molecule has 0 aliphatic heterocycles. The zero-order valence-electron chi connectivity index (χ0n) is 9.13. The second-order valence-electron chi connectivity index (χ2n) is 3.68. The van der Waals surface area contributed by atoms with E-state index < -0.39 is 11.4 Å². The number of nitrogens with one attached hydrogen (secondary N) is 1. The van der Waals surface area contributed by atoms with Gasteiger partial charge in [-0.1, -0.05) is 29.8 Å². The first-order valence-corrected chi connectivity index (χ1v) is 5.44. The van der Waals surface area contributed by atoms with Crippen LogP contribution in [0.1, 0.15) is 17.1 Å². The average molecular weight is 253 g/mol. The van der Waals surface area contributed by atoms with Crippen molar-refractivity contribution in [2.45, 2.75) is 13.3 Å². The highest BCUT2D eigenvalue weighted by Gasteiger charge is 2.08. The number of nitrogens with zero attached hydrogens (tertiary/aromatic N) is 1. The standard InChI is InChI=1S/C12H10ClFN2O/c1-7-11(14)12(17)16-10(15-7)6-8-4-2-3-5-9(8)13/h2-5H,6H2,1H3,(H,15,16,17).